The highest BCUT2D eigenvalue weighted by Crippen LogP contribution is 2.53. The summed E-state index contributed by atoms with van der Waals surface area (Å²) in [7, 11) is 0. The molecule has 3 atom stereocenters. The topological polar surface area (TPSA) is 102 Å². The second-order valence-corrected chi connectivity index (χ2v) is 23.4. The quantitative estimate of drug-likeness (QED) is 0.106. The summed E-state index contributed by atoms with van der Waals surface area (Å²) in [5.41, 5.74) is 9.60. The second kappa shape index (κ2) is 24.2. The molecule has 0 fully saturated rings. The fraction of sp³-hybridized carbons (Fsp3) is 0.328. The van der Waals surface area contributed by atoms with Crippen molar-refractivity contribution in [1.29, 1.82) is 0 Å². The Morgan fingerprint density at radius 1 is 0.658 bits per heavy atom. The summed E-state index contributed by atoms with van der Waals surface area (Å²) < 4.78 is 13.2. The Kier molecular flexibility index (Phi) is 18.2. The van der Waals surface area contributed by atoms with E-state index in [0.29, 0.717) is 68.3 Å². The molecular formula is C67H74Cl2N2O5. The fourth-order valence-corrected chi connectivity index (χ4v) is 10.9. The summed E-state index contributed by atoms with van der Waals surface area (Å²) in [5, 5.41) is 8.90. The molecule has 396 valence electrons. The van der Waals surface area contributed by atoms with Crippen LogP contribution in [0.1, 0.15) is 142 Å². The van der Waals surface area contributed by atoms with E-state index in [9.17, 15) is 14.4 Å². The Morgan fingerprint density at radius 2 is 1.13 bits per heavy atom. The van der Waals surface area contributed by atoms with E-state index in [1.165, 1.54) is 16.7 Å². The van der Waals surface area contributed by atoms with E-state index < -0.39 is 5.54 Å². The van der Waals surface area contributed by atoms with Crippen molar-refractivity contribution in [2.24, 2.45) is 23.2 Å². The molecule has 7 nitrogen and oxygen atoms in total. The largest absolute Gasteiger partial charge is 0.460 e. The molecule has 2 N–H and O–H groups in total. The SMILES string of the molecule is C.Cc1ccc(C(=O)NC(C)(C)CNC(c2oc3cc(Cl)ccc3c(=O)c2Cc2ccccc2)C(C)C)cc1.Cc1ccc(C2=CC(C)(C)CC2C(c2oc3cc(Cl)ccc3c(=O)c2Cc2ccccc2)C(C)C)cc1. The Bertz CT molecular complexity index is 3450. The van der Waals surface area contributed by atoms with Gasteiger partial charge in [0.2, 0.25) is 0 Å². The van der Waals surface area contributed by atoms with Crippen LogP contribution in [-0.4, -0.2) is 18.0 Å². The number of amides is 1. The molecule has 6 aromatic carbocycles. The summed E-state index contributed by atoms with van der Waals surface area (Å²) in [6.45, 7) is 21.8. The Balaban J connectivity index is 0.000000218. The molecule has 2 aromatic heterocycles. The Labute approximate surface area is 459 Å². The van der Waals surface area contributed by atoms with Gasteiger partial charge in [-0.1, -0.05) is 186 Å². The predicted molar refractivity (Wildman–Crippen MR) is 317 cm³/mol. The van der Waals surface area contributed by atoms with E-state index in [2.05, 4.69) is 102 Å². The van der Waals surface area contributed by atoms with E-state index in [1.807, 2.05) is 93.6 Å². The van der Waals surface area contributed by atoms with Crippen LogP contribution >= 0.6 is 23.2 Å². The van der Waals surface area contributed by atoms with Crippen molar-refractivity contribution in [2.45, 2.75) is 113 Å². The van der Waals surface area contributed by atoms with Gasteiger partial charge in [-0.15, -0.1) is 0 Å². The highest BCUT2D eigenvalue weighted by molar-refractivity contribution is 6.31. The van der Waals surface area contributed by atoms with Crippen molar-refractivity contribution >= 4 is 56.6 Å². The first-order valence-corrected chi connectivity index (χ1v) is 26.9. The van der Waals surface area contributed by atoms with Crippen LogP contribution in [0.15, 0.2) is 170 Å². The summed E-state index contributed by atoms with van der Waals surface area (Å²) in [5.74, 6) is 1.92. The zero-order valence-electron chi connectivity index (χ0n) is 44.9. The van der Waals surface area contributed by atoms with Gasteiger partial charge in [0.05, 0.1) is 16.8 Å². The van der Waals surface area contributed by atoms with Crippen LogP contribution in [0, 0.1) is 37.0 Å². The molecule has 8 aromatic rings. The van der Waals surface area contributed by atoms with Gasteiger partial charge in [0.25, 0.3) is 5.91 Å². The minimum Gasteiger partial charge on any atom is -0.460 e. The van der Waals surface area contributed by atoms with Gasteiger partial charge >= 0.3 is 0 Å². The zero-order valence-corrected chi connectivity index (χ0v) is 46.5. The van der Waals surface area contributed by atoms with Crippen LogP contribution in [0.25, 0.3) is 27.5 Å². The summed E-state index contributed by atoms with van der Waals surface area (Å²) >= 11 is 12.6. The Hall–Kier alpha value is -6.51. The van der Waals surface area contributed by atoms with Crippen molar-refractivity contribution in [2.75, 3.05) is 6.54 Å². The molecule has 2 heterocycles. The first kappa shape index (κ1) is 57.2. The maximum atomic E-state index is 14.0. The third kappa shape index (κ3) is 13.5. The van der Waals surface area contributed by atoms with E-state index in [1.54, 1.807) is 36.4 Å². The van der Waals surface area contributed by atoms with Gasteiger partial charge in [-0.05, 0) is 116 Å². The molecule has 76 heavy (non-hydrogen) atoms. The number of rotatable bonds is 15. The van der Waals surface area contributed by atoms with Gasteiger partial charge in [-0.2, -0.15) is 0 Å². The lowest BCUT2D eigenvalue weighted by Gasteiger charge is -2.32. The lowest BCUT2D eigenvalue weighted by molar-refractivity contribution is 0.0909. The lowest BCUT2D eigenvalue weighted by Crippen LogP contribution is -2.51. The van der Waals surface area contributed by atoms with Crippen molar-refractivity contribution < 1.29 is 13.6 Å². The number of allylic oxidation sites excluding steroid dienone is 2. The molecule has 0 radical (unpaired) electrons. The molecule has 9 rings (SSSR count). The zero-order chi connectivity index (χ0) is 53.8. The van der Waals surface area contributed by atoms with Crippen LogP contribution in [0.3, 0.4) is 0 Å². The first-order chi connectivity index (χ1) is 35.7. The van der Waals surface area contributed by atoms with Gasteiger partial charge in [-0.25, -0.2) is 0 Å². The standard InChI is InChI=1S/C34H35ClO2.C32H35ClN2O3.CH4/c1-21(2)31(29-20-34(4,5)19-28(29)24-13-11-22(3)12-14-24)33-27(17-23-9-7-6-8-10-23)32(36)26-16-15-25(35)18-30(26)37-33;1-20(2)28(34-19-32(4,5)35-31(37)23-13-11-21(3)12-14-23)30-26(17-22-9-7-6-8-10-22)29(36)25-16-15-24(33)18-27(25)38-30;/h6-16,18-19,21,29,31H,17,20H2,1-5H3;6-16,18,20,28,34H,17,19H2,1-5H3,(H,35,37);1H4. The third-order valence-electron chi connectivity index (χ3n) is 14.4. The highest BCUT2D eigenvalue weighted by atomic mass is 35.5. The van der Waals surface area contributed by atoms with Gasteiger partial charge in [0.1, 0.15) is 22.7 Å². The van der Waals surface area contributed by atoms with Crippen molar-refractivity contribution in [3.05, 3.63) is 238 Å². The molecular weight excluding hydrogens is 984 g/mol. The van der Waals surface area contributed by atoms with Crippen LogP contribution in [0.2, 0.25) is 10.0 Å². The van der Waals surface area contributed by atoms with E-state index >= 15 is 0 Å². The number of aryl methyl sites for hydroxylation is 2. The van der Waals surface area contributed by atoms with Crippen molar-refractivity contribution in [3.63, 3.8) is 0 Å². The minimum absolute atomic E-state index is 0. The maximum Gasteiger partial charge on any atom is 0.251 e. The molecule has 1 aliphatic carbocycles. The second-order valence-electron chi connectivity index (χ2n) is 22.5. The smallest absolute Gasteiger partial charge is 0.251 e. The lowest BCUT2D eigenvalue weighted by atomic mass is 9.73. The number of carbonyl (C=O) groups is 1. The maximum absolute atomic E-state index is 14.0. The monoisotopic (exact) mass is 1060 g/mol. The fourth-order valence-electron chi connectivity index (χ4n) is 10.6. The molecule has 9 heteroatoms. The minimum atomic E-state index is -0.560. The van der Waals surface area contributed by atoms with E-state index in [0.717, 1.165) is 34.4 Å². The van der Waals surface area contributed by atoms with Crippen molar-refractivity contribution in [3.8, 4) is 0 Å². The average Bonchev–Trinajstić information content (AvgIpc) is 3.71. The number of hydrogen-bond donors (Lipinski definition) is 2. The molecule has 1 aliphatic rings. The predicted octanol–water partition coefficient (Wildman–Crippen LogP) is 16.7. The van der Waals surface area contributed by atoms with Gasteiger partial charge < -0.3 is 19.5 Å². The van der Waals surface area contributed by atoms with Crippen LogP contribution in [0.5, 0.6) is 0 Å². The van der Waals surface area contributed by atoms with Gasteiger partial charge in [-0.3, -0.25) is 14.4 Å². The highest BCUT2D eigenvalue weighted by Gasteiger charge is 2.41. The molecule has 0 saturated carbocycles. The summed E-state index contributed by atoms with van der Waals surface area (Å²) in [4.78, 5) is 40.6. The number of fused-ring (bicyclic) bond motifs is 2. The first-order valence-electron chi connectivity index (χ1n) is 26.2. The molecule has 0 aliphatic heterocycles. The summed E-state index contributed by atoms with van der Waals surface area (Å²) in [6.07, 6.45) is 4.43. The van der Waals surface area contributed by atoms with Crippen LogP contribution in [0.4, 0.5) is 0 Å². The number of halogens is 2. The van der Waals surface area contributed by atoms with Crippen LogP contribution in [-0.2, 0) is 12.8 Å². The number of nitrogens with one attached hydrogen (secondary N) is 2. The third-order valence-corrected chi connectivity index (χ3v) is 14.9. The molecule has 1 amide bonds. The molecule has 0 bridgehead atoms. The normalized spacial score (nSPS) is 15.0. The Morgan fingerprint density at radius 3 is 1.62 bits per heavy atom. The number of benzene rings is 6. The van der Waals surface area contributed by atoms with E-state index in [-0.39, 0.29) is 59.3 Å². The molecule has 3 unspecified atom stereocenters. The van der Waals surface area contributed by atoms with Crippen molar-refractivity contribution in [1.82, 2.24) is 10.6 Å². The van der Waals surface area contributed by atoms with Crippen LogP contribution < -0.4 is 21.5 Å². The number of carbonyl (C=O) groups excluding carboxylic acids is 1. The summed E-state index contributed by atoms with van der Waals surface area (Å²) in [6, 6.07) is 46.7. The molecule has 0 saturated heterocycles. The number of hydrogen-bond acceptors (Lipinski definition) is 6. The van der Waals surface area contributed by atoms with Gasteiger partial charge in [0.15, 0.2) is 10.9 Å². The molecule has 0 spiro atoms. The van der Waals surface area contributed by atoms with Gasteiger partial charge in [0, 0.05) is 69.7 Å². The van der Waals surface area contributed by atoms with E-state index in [4.69, 9.17) is 32.0 Å². The average molecular weight is 1060 g/mol.